The Kier molecular flexibility index (Phi) is 2.68. The van der Waals surface area contributed by atoms with Gasteiger partial charge in [0, 0.05) is 17.8 Å². The van der Waals surface area contributed by atoms with Gasteiger partial charge < -0.3 is 5.73 Å². The number of nitrogens with two attached hydrogens (primary N) is 1. The molecule has 6 heteroatoms. The van der Waals surface area contributed by atoms with Gasteiger partial charge in [-0.25, -0.2) is 4.98 Å². The molecule has 0 bridgehead atoms. The largest absolute Gasteiger partial charge is 0.375 e. The van der Waals surface area contributed by atoms with Crippen molar-refractivity contribution in [3.63, 3.8) is 0 Å². The lowest BCUT2D eigenvalue weighted by atomic mass is 10.3. The van der Waals surface area contributed by atoms with Crippen LogP contribution in [0, 0.1) is 0 Å². The van der Waals surface area contributed by atoms with E-state index in [0.717, 1.165) is 0 Å². The van der Waals surface area contributed by atoms with E-state index in [-0.39, 0.29) is 12.3 Å². The van der Waals surface area contributed by atoms with Gasteiger partial charge in [-0.2, -0.15) is 0 Å². The average Bonchev–Trinajstić information content (AvgIpc) is 2.77. The maximum atomic E-state index is 11.5. The third-order valence-electron chi connectivity index (χ3n) is 1.77. The normalized spacial score (nSPS) is 10.1. The first-order valence-electron chi connectivity index (χ1n) is 4.37. The summed E-state index contributed by atoms with van der Waals surface area (Å²) in [4.78, 5) is 15.5. The number of thiazole rings is 1. The SMILES string of the molecule is Nc1nc(CC(=O)Nn2cccc2)cs1. The summed E-state index contributed by atoms with van der Waals surface area (Å²) in [6.07, 6.45) is 3.76. The Hall–Kier alpha value is -1.82. The smallest absolute Gasteiger partial charge is 0.244 e. The molecule has 15 heavy (non-hydrogen) atoms. The lowest BCUT2D eigenvalue weighted by molar-refractivity contribution is -0.116. The predicted molar refractivity (Wildman–Crippen MR) is 59.0 cm³/mol. The van der Waals surface area contributed by atoms with Crippen LogP contribution in [0.15, 0.2) is 29.9 Å². The molecule has 0 aliphatic rings. The molecule has 0 aromatic carbocycles. The highest BCUT2D eigenvalue weighted by molar-refractivity contribution is 7.13. The molecule has 1 amide bonds. The number of nitrogen functional groups attached to an aromatic ring is 1. The number of nitrogens with one attached hydrogen (secondary N) is 1. The minimum Gasteiger partial charge on any atom is -0.375 e. The molecule has 0 atom stereocenters. The van der Waals surface area contributed by atoms with Crippen molar-refractivity contribution in [2.24, 2.45) is 0 Å². The fraction of sp³-hybridized carbons (Fsp3) is 0.111. The Morgan fingerprint density at radius 3 is 2.87 bits per heavy atom. The second kappa shape index (κ2) is 4.14. The van der Waals surface area contributed by atoms with Gasteiger partial charge in [-0.15, -0.1) is 11.3 Å². The number of anilines is 1. The van der Waals surface area contributed by atoms with Crippen molar-refractivity contribution < 1.29 is 4.79 Å². The second-order valence-corrected chi connectivity index (χ2v) is 3.87. The summed E-state index contributed by atoms with van der Waals surface area (Å²) >= 11 is 1.33. The van der Waals surface area contributed by atoms with E-state index in [9.17, 15) is 4.79 Å². The second-order valence-electron chi connectivity index (χ2n) is 2.98. The summed E-state index contributed by atoms with van der Waals surface area (Å²) in [5, 5.41) is 2.27. The molecule has 0 radical (unpaired) electrons. The van der Waals surface area contributed by atoms with E-state index in [4.69, 9.17) is 5.73 Å². The quantitative estimate of drug-likeness (QED) is 0.808. The highest BCUT2D eigenvalue weighted by Crippen LogP contribution is 2.11. The van der Waals surface area contributed by atoms with Gasteiger partial charge in [0.1, 0.15) is 0 Å². The Labute approximate surface area is 90.5 Å². The lowest BCUT2D eigenvalue weighted by Crippen LogP contribution is -2.23. The molecule has 2 rings (SSSR count). The monoisotopic (exact) mass is 222 g/mol. The Balaban J connectivity index is 1.93. The number of hydrogen-bond acceptors (Lipinski definition) is 4. The van der Waals surface area contributed by atoms with Gasteiger partial charge in [0.15, 0.2) is 5.13 Å². The molecule has 0 unspecified atom stereocenters. The maximum absolute atomic E-state index is 11.5. The van der Waals surface area contributed by atoms with Crippen LogP contribution in [-0.2, 0) is 11.2 Å². The van der Waals surface area contributed by atoms with Gasteiger partial charge in [0.25, 0.3) is 0 Å². The van der Waals surface area contributed by atoms with Gasteiger partial charge >= 0.3 is 0 Å². The van der Waals surface area contributed by atoms with Crippen molar-refractivity contribution in [1.29, 1.82) is 0 Å². The van der Waals surface area contributed by atoms with E-state index in [1.165, 1.54) is 11.3 Å². The van der Waals surface area contributed by atoms with Crippen LogP contribution >= 0.6 is 11.3 Å². The molecule has 0 spiro atoms. The van der Waals surface area contributed by atoms with Crippen molar-refractivity contribution in [2.45, 2.75) is 6.42 Å². The van der Waals surface area contributed by atoms with E-state index in [1.807, 2.05) is 12.1 Å². The van der Waals surface area contributed by atoms with E-state index in [0.29, 0.717) is 10.8 Å². The Morgan fingerprint density at radius 1 is 1.53 bits per heavy atom. The van der Waals surface area contributed by atoms with Crippen molar-refractivity contribution in [3.05, 3.63) is 35.6 Å². The first-order valence-corrected chi connectivity index (χ1v) is 5.25. The molecule has 0 saturated carbocycles. The number of nitrogens with zero attached hydrogens (tertiary/aromatic N) is 2. The first kappa shape index (κ1) is 9.72. The number of hydrogen-bond donors (Lipinski definition) is 2. The third kappa shape index (κ3) is 2.57. The third-order valence-corrected chi connectivity index (χ3v) is 2.49. The number of aromatic nitrogens is 2. The lowest BCUT2D eigenvalue weighted by Gasteiger charge is -2.03. The zero-order chi connectivity index (χ0) is 10.7. The van der Waals surface area contributed by atoms with E-state index in [2.05, 4.69) is 10.4 Å². The van der Waals surface area contributed by atoms with E-state index in [1.54, 1.807) is 22.4 Å². The topological polar surface area (TPSA) is 72.9 Å². The molecule has 78 valence electrons. The molecule has 0 aliphatic heterocycles. The Morgan fingerprint density at radius 2 is 2.27 bits per heavy atom. The minimum absolute atomic E-state index is 0.114. The number of carbonyl (C=O) groups is 1. The van der Waals surface area contributed by atoms with Gasteiger partial charge in [-0.05, 0) is 12.1 Å². The molecular weight excluding hydrogens is 212 g/mol. The summed E-state index contributed by atoms with van der Waals surface area (Å²) < 4.78 is 1.60. The molecule has 2 aromatic heterocycles. The number of amides is 1. The fourth-order valence-electron chi connectivity index (χ4n) is 1.16. The standard InChI is InChI=1S/C9H10N4OS/c10-9-11-7(6-15-9)5-8(14)12-13-3-1-2-4-13/h1-4,6H,5H2,(H2,10,11)(H,12,14). The highest BCUT2D eigenvalue weighted by Gasteiger charge is 2.06. The summed E-state index contributed by atoms with van der Waals surface area (Å²) in [6, 6.07) is 3.67. The molecule has 2 heterocycles. The summed E-state index contributed by atoms with van der Waals surface area (Å²) in [5.74, 6) is -0.114. The summed E-state index contributed by atoms with van der Waals surface area (Å²) in [5.41, 5.74) is 8.84. The number of carbonyl (C=O) groups excluding carboxylic acids is 1. The molecular formula is C9H10N4OS. The zero-order valence-electron chi connectivity index (χ0n) is 7.88. The summed E-state index contributed by atoms with van der Waals surface area (Å²) in [7, 11) is 0. The van der Waals surface area contributed by atoms with Crippen LogP contribution in [0.4, 0.5) is 5.13 Å². The van der Waals surface area contributed by atoms with Gasteiger partial charge in [0.05, 0.1) is 12.1 Å². The highest BCUT2D eigenvalue weighted by atomic mass is 32.1. The predicted octanol–water partition coefficient (Wildman–Crippen LogP) is 0.840. The van der Waals surface area contributed by atoms with Crippen LogP contribution in [0.25, 0.3) is 0 Å². The van der Waals surface area contributed by atoms with Crippen molar-refractivity contribution in [1.82, 2.24) is 9.66 Å². The van der Waals surface area contributed by atoms with Crippen molar-refractivity contribution in [3.8, 4) is 0 Å². The van der Waals surface area contributed by atoms with Crippen molar-refractivity contribution >= 4 is 22.4 Å². The van der Waals surface area contributed by atoms with Crippen LogP contribution in [0.3, 0.4) is 0 Å². The first-order chi connectivity index (χ1) is 7.24. The van der Waals surface area contributed by atoms with Gasteiger partial charge in [-0.3, -0.25) is 14.9 Å². The number of rotatable bonds is 3. The average molecular weight is 222 g/mol. The van der Waals surface area contributed by atoms with E-state index < -0.39 is 0 Å². The van der Waals surface area contributed by atoms with Crippen molar-refractivity contribution in [2.75, 3.05) is 11.2 Å². The van der Waals surface area contributed by atoms with Crippen LogP contribution in [0.2, 0.25) is 0 Å². The van der Waals surface area contributed by atoms with E-state index >= 15 is 0 Å². The fourth-order valence-corrected chi connectivity index (χ4v) is 1.72. The molecule has 0 saturated heterocycles. The van der Waals surface area contributed by atoms with Crippen LogP contribution in [0.5, 0.6) is 0 Å². The molecule has 0 fully saturated rings. The molecule has 0 aliphatic carbocycles. The zero-order valence-corrected chi connectivity index (χ0v) is 8.70. The minimum atomic E-state index is -0.114. The summed E-state index contributed by atoms with van der Waals surface area (Å²) in [6.45, 7) is 0. The molecule has 5 nitrogen and oxygen atoms in total. The van der Waals surface area contributed by atoms with Crippen LogP contribution in [0.1, 0.15) is 5.69 Å². The van der Waals surface area contributed by atoms with Gasteiger partial charge in [-0.1, -0.05) is 0 Å². The molecule has 2 aromatic rings. The van der Waals surface area contributed by atoms with Crippen LogP contribution in [-0.4, -0.2) is 15.6 Å². The Bertz CT molecular complexity index is 448. The maximum Gasteiger partial charge on any atom is 0.244 e. The van der Waals surface area contributed by atoms with Crippen LogP contribution < -0.4 is 11.2 Å². The van der Waals surface area contributed by atoms with Gasteiger partial charge in [0.2, 0.25) is 5.91 Å². The molecule has 3 N–H and O–H groups in total.